The molecular formula is C16H20O5. The number of hydrogen-bond acceptors (Lipinski definition) is 5. The van der Waals surface area contributed by atoms with Crippen molar-refractivity contribution in [3.05, 3.63) is 23.3 Å². The summed E-state index contributed by atoms with van der Waals surface area (Å²) in [4.78, 5) is 35.2. The number of carbonyl (C=O) groups excluding carboxylic acids is 3. The highest BCUT2D eigenvalue weighted by Gasteiger charge is 2.46. The van der Waals surface area contributed by atoms with E-state index in [0.717, 1.165) is 5.57 Å². The lowest BCUT2D eigenvalue weighted by atomic mass is 9.86. The number of ketones is 2. The lowest BCUT2D eigenvalue weighted by Crippen LogP contribution is -2.24. The van der Waals surface area contributed by atoms with Crippen LogP contribution in [0.1, 0.15) is 33.1 Å². The van der Waals surface area contributed by atoms with Crippen LogP contribution in [-0.2, 0) is 23.9 Å². The summed E-state index contributed by atoms with van der Waals surface area (Å²) in [5, 5.41) is 0. The molecule has 1 saturated heterocycles. The molecule has 0 bridgehead atoms. The highest BCUT2D eigenvalue weighted by atomic mass is 16.6. The van der Waals surface area contributed by atoms with E-state index in [9.17, 15) is 14.4 Å². The molecule has 0 aromatic rings. The molecule has 0 N–H and O–H groups in total. The van der Waals surface area contributed by atoms with Crippen molar-refractivity contribution in [1.29, 1.82) is 0 Å². The van der Waals surface area contributed by atoms with Gasteiger partial charge in [-0.05, 0) is 25.8 Å². The number of Topliss-reactive ketones (excluding diaryl/α,β-unsaturated/α-hetero) is 2. The average molecular weight is 292 g/mol. The Morgan fingerprint density at radius 2 is 2.10 bits per heavy atom. The minimum atomic E-state index is -0.628. The van der Waals surface area contributed by atoms with E-state index >= 15 is 0 Å². The summed E-state index contributed by atoms with van der Waals surface area (Å²) in [5.74, 6) is -0.813. The molecule has 0 amide bonds. The first-order valence-electron chi connectivity index (χ1n) is 7.02. The first-order chi connectivity index (χ1) is 9.86. The van der Waals surface area contributed by atoms with Gasteiger partial charge in [0.1, 0.15) is 11.9 Å². The van der Waals surface area contributed by atoms with Gasteiger partial charge in [0.15, 0.2) is 5.78 Å². The molecule has 0 radical (unpaired) electrons. The molecule has 0 aromatic heterocycles. The molecular weight excluding hydrogens is 272 g/mol. The van der Waals surface area contributed by atoms with Crippen molar-refractivity contribution in [1.82, 2.24) is 0 Å². The summed E-state index contributed by atoms with van der Waals surface area (Å²) >= 11 is 0. The van der Waals surface area contributed by atoms with Gasteiger partial charge in [-0.25, -0.2) is 4.79 Å². The van der Waals surface area contributed by atoms with Gasteiger partial charge in [0.2, 0.25) is 0 Å². The third kappa shape index (κ3) is 2.83. The molecule has 2 aliphatic rings. The number of hydrogen-bond donors (Lipinski definition) is 0. The monoisotopic (exact) mass is 292 g/mol. The SMILES string of the molecule is C=C1C(=O)O[C@H](C2=C(C)[C@@H](OC)CC2=O)[C@H]1CCC(C)=O. The summed E-state index contributed by atoms with van der Waals surface area (Å²) in [6.07, 6.45) is 0.195. The fourth-order valence-electron chi connectivity index (χ4n) is 3.02. The minimum absolute atomic E-state index is 0.0408. The van der Waals surface area contributed by atoms with Crippen molar-refractivity contribution >= 4 is 17.5 Å². The van der Waals surface area contributed by atoms with Crippen molar-refractivity contribution in [2.75, 3.05) is 7.11 Å². The van der Waals surface area contributed by atoms with E-state index in [2.05, 4.69) is 6.58 Å². The molecule has 1 aliphatic carbocycles. The van der Waals surface area contributed by atoms with Crippen molar-refractivity contribution in [2.24, 2.45) is 5.92 Å². The number of ether oxygens (including phenoxy) is 2. The second-order valence-electron chi connectivity index (χ2n) is 5.65. The molecule has 2 rings (SSSR count). The second-order valence-corrected chi connectivity index (χ2v) is 5.65. The van der Waals surface area contributed by atoms with E-state index in [1.807, 2.05) is 6.92 Å². The smallest absolute Gasteiger partial charge is 0.334 e. The van der Waals surface area contributed by atoms with Gasteiger partial charge in [-0.3, -0.25) is 4.79 Å². The molecule has 21 heavy (non-hydrogen) atoms. The number of rotatable bonds is 5. The standard InChI is InChI=1S/C16H20O5/c1-8(17)5-6-11-9(2)16(19)21-15(11)14-10(3)13(20-4)7-12(14)18/h11,13,15H,2,5-7H2,1,3-4H3/t11-,13-,15-/m0/s1. The predicted octanol–water partition coefficient (Wildman–Crippen LogP) is 1.76. The van der Waals surface area contributed by atoms with Crippen molar-refractivity contribution in [3.63, 3.8) is 0 Å². The highest BCUT2D eigenvalue weighted by molar-refractivity contribution is 6.02. The molecule has 1 heterocycles. The molecule has 1 aliphatic heterocycles. The topological polar surface area (TPSA) is 69.7 Å². The lowest BCUT2D eigenvalue weighted by Gasteiger charge is -2.19. The van der Waals surface area contributed by atoms with Gasteiger partial charge < -0.3 is 14.3 Å². The van der Waals surface area contributed by atoms with Crippen molar-refractivity contribution in [2.45, 2.75) is 45.3 Å². The van der Waals surface area contributed by atoms with Crippen LogP contribution < -0.4 is 0 Å². The summed E-state index contributed by atoms with van der Waals surface area (Å²) in [5.41, 5.74) is 1.67. The van der Waals surface area contributed by atoms with Crippen LogP contribution in [0.4, 0.5) is 0 Å². The van der Waals surface area contributed by atoms with Crippen molar-refractivity contribution in [3.8, 4) is 0 Å². The van der Waals surface area contributed by atoms with E-state index in [1.54, 1.807) is 7.11 Å². The fourth-order valence-corrected chi connectivity index (χ4v) is 3.02. The van der Waals surface area contributed by atoms with Gasteiger partial charge in [0, 0.05) is 37.0 Å². The number of methoxy groups -OCH3 is 1. The number of carbonyl (C=O) groups is 3. The third-order valence-corrected chi connectivity index (χ3v) is 4.26. The Morgan fingerprint density at radius 3 is 2.62 bits per heavy atom. The van der Waals surface area contributed by atoms with Crippen LogP contribution in [0, 0.1) is 5.92 Å². The average Bonchev–Trinajstić information content (AvgIpc) is 2.85. The molecule has 0 unspecified atom stereocenters. The summed E-state index contributed by atoms with van der Waals surface area (Å²) in [6.45, 7) is 7.08. The molecule has 0 aromatic carbocycles. The summed E-state index contributed by atoms with van der Waals surface area (Å²) in [6, 6.07) is 0. The summed E-state index contributed by atoms with van der Waals surface area (Å²) < 4.78 is 10.6. The highest BCUT2D eigenvalue weighted by Crippen LogP contribution is 2.39. The van der Waals surface area contributed by atoms with E-state index in [-0.39, 0.29) is 30.0 Å². The Kier molecular flexibility index (Phi) is 4.42. The lowest BCUT2D eigenvalue weighted by molar-refractivity contribution is -0.138. The van der Waals surface area contributed by atoms with Crippen LogP contribution in [0.15, 0.2) is 23.3 Å². The van der Waals surface area contributed by atoms with Crippen LogP contribution in [0.5, 0.6) is 0 Å². The van der Waals surface area contributed by atoms with E-state index in [0.29, 0.717) is 24.0 Å². The zero-order valence-corrected chi connectivity index (χ0v) is 12.6. The normalized spacial score (nSPS) is 29.3. The fraction of sp³-hybridized carbons (Fsp3) is 0.562. The molecule has 0 spiro atoms. The number of cyclic esters (lactones) is 1. The molecule has 5 nitrogen and oxygen atoms in total. The Labute approximate surface area is 124 Å². The van der Waals surface area contributed by atoms with Crippen LogP contribution in [0.2, 0.25) is 0 Å². The van der Waals surface area contributed by atoms with E-state index in [1.165, 1.54) is 6.92 Å². The molecule has 1 fully saturated rings. The Hall–Kier alpha value is -1.75. The predicted molar refractivity (Wildman–Crippen MR) is 75.5 cm³/mol. The zero-order chi connectivity index (χ0) is 15.7. The van der Waals surface area contributed by atoms with Gasteiger partial charge in [0.05, 0.1) is 6.10 Å². The second kappa shape index (κ2) is 5.93. The maximum absolute atomic E-state index is 12.2. The van der Waals surface area contributed by atoms with Gasteiger partial charge in [-0.2, -0.15) is 0 Å². The zero-order valence-electron chi connectivity index (χ0n) is 12.6. The maximum atomic E-state index is 12.2. The molecule has 114 valence electrons. The van der Waals surface area contributed by atoms with Crippen LogP contribution in [0.3, 0.4) is 0 Å². The molecule has 0 saturated carbocycles. The Bertz CT molecular complexity index is 543. The number of esters is 1. The van der Waals surface area contributed by atoms with Gasteiger partial charge in [-0.15, -0.1) is 0 Å². The van der Waals surface area contributed by atoms with Crippen molar-refractivity contribution < 1.29 is 23.9 Å². The Morgan fingerprint density at radius 1 is 1.43 bits per heavy atom. The van der Waals surface area contributed by atoms with E-state index in [4.69, 9.17) is 9.47 Å². The van der Waals surface area contributed by atoms with Crippen LogP contribution in [0.25, 0.3) is 0 Å². The van der Waals surface area contributed by atoms with Gasteiger partial charge in [-0.1, -0.05) is 6.58 Å². The Balaban J connectivity index is 2.30. The summed E-state index contributed by atoms with van der Waals surface area (Å²) in [7, 11) is 1.55. The first-order valence-corrected chi connectivity index (χ1v) is 7.02. The van der Waals surface area contributed by atoms with Gasteiger partial charge in [0.25, 0.3) is 0 Å². The molecule has 3 atom stereocenters. The van der Waals surface area contributed by atoms with E-state index < -0.39 is 12.1 Å². The molecule has 5 heteroatoms. The maximum Gasteiger partial charge on any atom is 0.334 e. The third-order valence-electron chi connectivity index (χ3n) is 4.26. The van der Waals surface area contributed by atoms with Gasteiger partial charge >= 0.3 is 5.97 Å². The minimum Gasteiger partial charge on any atom is -0.453 e. The van der Waals surface area contributed by atoms with Crippen LogP contribution >= 0.6 is 0 Å². The first kappa shape index (κ1) is 15.6. The largest absolute Gasteiger partial charge is 0.453 e. The quantitative estimate of drug-likeness (QED) is 0.570. The van der Waals surface area contributed by atoms with Crippen LogP contribution in [-0.4, -0.2) is 36.9 Å².